The van der Waals surface area contributed by atoms with Gasteiger partial charge in [0.25, 0.3) is 0 Å². The number of hydrogen-bond donors (Lipinski definition) is 3. The zero-order valence-corrected chi connectivity index (χ0v) is 26.5. The molecule has 3 N–H and O–H groups in total. The van der Waals surface area contributed by atoms with Crippen LogP contribution in [0.5, 0.6) is 0 Å². The minimum Gasteiger partial charge on any atom is -0.479 e. The third kappa shape index (κ3) is 4.24. The maximum atomic E-state index is 17.5. The summed E-state index contributed by atoms with van der Waals surface area (Å²) < 4.78 is 46.0. The van der Waals surface area contributed by atoms with Crippen LogP contribution in [0.3, 0.4) is 0 Å². The fraction of sp³-hybridized carbons (Fsp3) is 0.514. The number of fused-ring (bicyclic) bond motifs is 7. The lowest BCUT2D eigenvalue weighted by Gasteiger charge is -2.62. The van der Waals surface area contributed by atoms with Gasteiger partial charge in [0.15, 0.2) is 23.3 Å². The van der Waals surface area contributed by atoms with E-state index in [2.05, 4.69) is 31.3 Å². The van der Waals surface area contributed by atoms with Crippen molar-refractivity contribution in [1.82, 2.24) is 0 Å². The monoisotopic (exact) mass is 633 g/mol. The highest BCUT2D eigenvalue weighted by Crippen LogP contribution is 2.72. The molecule has 244 valence electrons. The number of halogens is 2. The van der Waals surface area contributed by atoms with Crippen LogP contribution < -0.4 is 5.32 Å². The molecule has 1 aliphatic heterocycles. The Morgan fingerprint density at radius 2 is 1.83 bits per heavy atom. The Bertz CT molecular complexity index is 1640. The zero-order valence-electron chi connectivity index (χ0n) is 26.5. The van der Waals surface area contributed by atoms with E-state index < -0.39 is 70.4 Å². The number of allylic oxidation sites excluding steroid dienone is 4. The number of aliphatic hydroxyl groups excluding tert-OH is 1. The number of carboxylic acid groups (broad SMARTS) is 1. The van der Waals surface area contributed by atoms with Crippen molar-refractivity contribution in [1.29, 1.82) is 0 Å². The van der Waals surface area contributed by atoms with E-state index in [1.54, 1.807) is 6.92 Å². The van der Waals surface area contributed by atoms with Crippen molar-refractivity contribution >= 4 is 17.4 Å². The Morgan fingerprint density at radius 1 is 1.09 bits per heavy atom. The molecule has 4 aliphatic carbocycles. The maximum absolute atomic E-state index is 17.5. The second kappa shape index (κ2) is 10.6. The number of aliphatic hydroxyl groups is 1. The Labute approximate surface area is 267 Å². The molecule has 2 aromatic rings. The summed E-state index contributed by atoms with van der Waals surface area (Å²) in [7, 11) is 0. The minimum absolute atomic E-state index is 0.0310. The Balaban J connectivity index is 1.15. The quantitative estimate of drug-likeness (QED) is 0.345. The molecule has 9 heteroatoms. The first-order valence-electron chi connectivity index (χ1n) is 16.2. The molecular formula is C37H41F2NO6. The van der Waals surface area contributed by atoms with Gasteiger partial charge in [-0.25, -0.2) is 13.6 Å². The lowest BCUT2D eigenvalue weighted by Crippen LogP contribution is -2.70. The van der Waals surface area contributed by atoms with Crippen molar-refractivity contribution in [3.05, 3.63) is 89.0 Å². The van der Waals surface area contributed by atoms with Crippen molar-refractivity contribution in [2.75, 3.05) is 5.32 Å². The van der Waals surface area contributed by atoms with Crippen LogP contribution in [0, 0.1) is 22.7 Å². The first kappa shape index (κ1) is 31.2. The van der Waals surface area contributed by atoms with Gasteiger partial charge < -0.3 is 25.0 Å². The summed E-state index contributed by atoms with van der Waals surface area (Å²) in [5, 5.41) is 25.8. The molecule has 0 aromatic heterocycles. The molecule has 7 rings (SSSR count). The lowest BCUT2D eigenvalue weighted by molar-refractivity contribution is -0.240. The van der Waals surface area contributed by atoms with Crippen LogP contribution in [0.15, 0.2) is 72.3 Å². The van der Waals surface area contributed by atoms with E-state index >= 15 is 8.78 Å². The van der Waals surface area contributed by atoms with E-state index in [9.17, 15) is 19.8 Å². The first-order chi connectivity index (χ1) is 21.7. The van der Waals surface area contributed by atoms with Gasteiger partial charge in [-0.05, 0) is 93.4 Å². The number of nitrogens with one attached hydrogen (secondary N) is 1. The zero-order chi connectivity index (χ0) is 32.8. The molecule has 0 unspecified atom stereocenters. The van der Waals surface area contributed by atoms with Crippen molar-refractivity contribution in [2.24, 2.45) is 22.7 Å². The van der Waals surface area contributed by atoms with Crippen LogP contribution in [-0.2, 0) is 25.5 Å². The number of carboxylic acids is 1. The van der Waals surface area contributed by atoms with Crippen molar-refractivity contribution in [3.63, 3.8) is 0 Å². The number of benzene rings is 2. The summed E-state index contributed by atoms with van der Waals surface area (Å²) in [6.45, 7) is 7.42. The predicted molar refractivity (Wildman–Crippen MR) is 168 cm³/mol. The second-order valence-corrected chi connectivity index (χ2v) is 14.6. The Morgan fingerprint density at radius 3 is 2.52 bits per heavy atom. The van der Waals surface area contributed by atoms with Gasteiger partial charge in [0.1, 0.15) is 12.3 Å². The van der Waals surface area contributed by atoms with E-state index in [1.165, 1.54) is 19.1 Å². The summed E-state index contributed by atoms with van der Waals surface area (Å²) in [6.07, 6.45) is -0.998. The molecule has 0 radical (unpaired) electrons. The van der Waals surface area contributed by atoms with E-state index in [0.29, 0.717) is 18.0 Å². The molecule has 5 aliphatic rings. The topological polar surface area (TPSA) is 105 Å². The van der Waals surface area contributed by atoms with Gasteiger partial charge in [0.2, 0.25) is 0 Å². The maximum Gasteiger partial charge on any atom is 0.339 e. The standard InChI is InChI=1S/C37H41F2NO6/c1-20(2)40-24-7-5-6-22(15-24)14-21-8-10-23(11-9-21)32-45-31-18-26-27-17-29(38)28-16-25(41)12-13-34(28,3)36(27,39)30(42)19-35(26,4)37(31,46-32)33(43)44/h5-13,15-16,20,26-27,29-32,40,42H,14,17-19H2,1-4H3,(H,43,44)/t26-,27-,29-,30-,31+,32+,34-,35-,36-,37-/m0/s1. The fourth-order valence-corrected chi connectivity index (χ4v) is 9.60. The number of carbonyl (C=O) groups excluding carboxylic acids is 1. The van der Waals surface area contributed by atoms with Crippen molar-refractivity contribution in [3.8, 4) is 0 Å². The summed E-state index contributed by atoms with van der Waals surface area (Å²) in [5.41, 5.74) is -3.01. The number of carbonyl (C=O) groups is 2. The highest BCUT2D eigenvalue weighted by molar-refractivity contribution is 6.01. The molecule has 7 nitrogen and oxygen atoms in total. The Hall–Kier alpha value is -3.40. The Kier molecular flexibility index (Phi) is 7.16. The third-order valence-corrected chi connectivity index (χ3v) is 11.7. The molecule has 10 atom stereocenters. The molecule has 0 bridgehead atoms. The van der Waals surface area contributed by atoms with Crippen LogP contribution in [0.1, 0.15) is 69.9 Å². The normalized spacial score (nSPS) is 41.0. The second-order valence-electron chi connectivity index (χ2n) is 14.6. The largest absolute Gasteiger partial charge is 0.479 e. The molecule has 46 heavy (non-hydrogen) atoms. The van der Waals surface area contributed by atoms with Gasteiger partial charge in [0, 0.05) is 34.0 Å². The summed E-state index contributed by atoms with van der Waals surface area (Å²) in [4.78, 5) is 25.3. The van der Waals surface area contributed by atoms with Crippen molar-refractivity contribution < 1.29 is 38.1 Å². The number of ether oxygens (including phenoxy) is 2. The molecule has 4 fully saturated rings. The lowest BCUT2D eigenvalue weighted by atomic mass is 9.44. The predicted octanol–water partition coefficient (Wildman–Crippen LogP) is 6.26. The number of alkyl halides is 2. The molecule has 1 heterocycles. The summed E-state index contributed by atoms with van der Waals surface area (Å²) in [6, 6.07) is 16.2. The number of rotatable bonds is 6. The molecular weight excluding hydrogens is 592 g/mol. The highest BCUT2D eigenvalue weighted by atomic mass is 19.1. The number of aliphatic carboxylic acids is 1. The average Bonchev–Trinajstić information content (AvgIpc) is 3.50. The molecule has 0 amide bonds. The van der Waals surface area contributed by atoms with E-state index in [0.717, 1.165) is 22.9 Å². The molecule has 3 saturated carbocycles. The molecule has 1 saturated heterocycles. The summed E-state index contributed by atoms with van der Waals surface area (Å²) >= 11 is 0. The van der Waals surface area contributed by atoms with Crippen LogP contribution in [-0.4, -0.2) is 57.7 Å². The van der Waals surface area contributed by atoms with Gasteiger partial charge in [0.05, 0.1) is 6.10 Å². The number of anilines is 1. The van der Waals surface area contributed by atoms with Gasteiger partial charge in [-0.3, -0.25) is 4.79 Å². The first-order valence-corrected chi connectivity index (χ1v) is 16.2. The fourth-order valence-electron chi connectivity index (χ4n) is 9.60. The number of hydrogen-bond acceptors (Lipinski definition) is 6. The van der Waals surface area contributed by atoms with Crippen LogP contribution in [0.25, 0.3) is 0 Å². The van der Waals surface area contributed by atoms with Crippen molar-refractivity contribution in [2.45, 2.75) is 95.4 Å². The smallest absolute Gasteiger partial charge is 0.339 e. The summed E-state index contributed by atoms with van der Waals surface area (Å²) in [5.74, 6) is -3.31. The van der Waals surface area contributed by atoms with Crippen LogP contribution in [0.4, 0.5) is 14.5 Å². The van der Waals surface area contributed by atoms with Gasteiger partial charge in [-0.1, -0.05) is 49.4 Å². The van der Waals surface area contributed by atoms with E-state index in [4.69, 9.17) is 9.47 Å². The SMILES string of the molecule is CC(C)Nc1cccc(Cc2ccc([C@@H]3O[C@@H]4C[C@H]5[C@@H]6C[C@H](F)C7=CC(=O)C=C[C@]7(C)[C@@]6(F)[C@@H](O)C[C@]5(C)[C@]4(C(=O)O)O3)cc2)c1. The van der Waals surface area contributed by atoms with Gasteiger partial charge in [-0.15, -0.1) is 0 Å². The van der Waals surface area contributed by atoms with E-state index in [1.807, 2.05) is 36.4 Å². The number of ketones is 1. The van der Waals surface area contributed by atoms with Crippen LogP contribution >= 0.6 is 0 Å². The molecule has 2 aromatic carbocycles. The van der Waals surface area contributed by atoms with Gasteiger partial charge >= 0.3 is 5.97 Å². The van der Waals surface area contributed by atoms with Crippen LogP contribution in [0.2, 0.25) is 0 Å². The molecule has 0 spiro atoms. The third-order valence-electron chi connectivity index (χ3n) is 11.7. The minimum atomic E-state index is -2.30. The van der Waals surface area contributed by atoms with Gasteiger partial charge in [-0.2, -0.15) is 0 Å². The van der Waals surface area contributed by atoms with E-state index in [-0.39, 0.29) is 24.8 Å². The average molecular weight is 634 g/mol. The highest BCUT2D eigenvalue weighted by Gasteiger charge is 2.80.